The summed E-state index contributed by atoms with van der Waals surface area (Å²) < 4.78 is 13.9. The van der Waals surface area contributed by atoms with Crippen molar-refractivity contribution < 1.29 is 4.39 Å². The van der Waals surface area contributed by atoms with Crippen LogP contribution in [0.1, 0.15) is 35.9 Å². The highest BCUT2D eigenvalue weighted by Crippen LogP contribution is 2.18. The number of aliphatic imine (C=N–C) groups is 1. The predicted octanol–water partition coefficient (Wildman–Crippen LogP) is 3.77. The van der Waals surface area contributed by atoms with Gasteiger partial charge in [0, 0.05) is 23.5 Å². The molecule has 0 radical (unpaired) electrons. The fourth-order valence-electron chi connectivity index (χ4n) is 2.49. The molecule has 0 spiro atoms. The van der Waals surface area contributed by atoms with E-state index in [0.717, 1.165) is 18.1 Å². The molecule has 1 aromatic heterocycles. The maximum Gasteiger partial charge on any atom is 0.192 e. The summed E-state index contributed by atoms with van der Waals surface area (Å²) in [6.45, 7) is 6.04. The van der Waals surface area contributed by atoms with E-state index in [0.29, 0.717) is 18.7 Å². The maximum atomic E-state index is 13.9. The molecule has 0 aliphatic carbocycles. The van der Waals surface area contributed by atoms with Crippen LogP contribution in [-0.4, -0.2) is 31.5 Å². The van der Waals surface area contributed by atoms with Crippen LogP contribution >= 0.6 is 11.3 Å². The summed E-state index contributed by atoms with van der Waals surface area (Å²) in [4.78, 5) is 7.87. The molecule has 1 heterocycles. The molecule has 0 saturated heterocycles. The topological polar surface area (TPSA) is 39.7 Å². The highest BCUT2D eigenvalue weighted by Gasteiger charge is 2.09. The van der Waals surface area contributed by atoms with Gasteiger partial charge in [-0.2, -0.15) is 0 Å². The van der Waals surface area contributed by atoms with Crippen LogP contribution in [0.2, 0.25) is 0 Å². The molecule has 25 heavy (non-hydrogen) atoms. The lowest BCUT2D eigenvalue weighted by Crippen LogP contribution is -2.38. The minimum absolute atomic E-state index is 0.169. The standard InChI is InChI=1S/C19H27FN4S/c1-5-21-19(23-14(2)18-7-6-10-25-18)22-12-15-8-9-17(20)16(11-15)13-24(3)4/h6-11,14H,5,12-13H2,1-4H3,(H2,21,22,23). The van der Waals surface area contributed by atoms with E-state index in [2.05, 4.69) is 34.0 Å². The summed E-state index contributed by atoms with van der Waals surface area (Å²) >= 11 is 1.72. The van der Waals surface area contributed by atoms with Gasteiger partial charge in [-0.05, 0) is 57.1 Å². The first-order valence-corrected chi connectivity index (χ1v) is 9.37. The van der Waals surface area contributed by atoms with Gasteiger partial charge in [-0.3, -0.25) is 0 Å². The molecule has 2 N–H and O–H groups in total. The minimum Gasteiger partial charge on any atom is -0.357 e. The Morgan fingerprint density at radius 3 is 2.76 bits per heavy atom. The number of nitrogens with one attached hydrogen (secondary N) is 2. The van der Waals surface area contributed by atoms with Gasteiger partial charge >= 0.3 is 0 Å². The monoisotopic (exact) mass is 362 g/mol. The van der Waals surface area contributed by atoms with Gasteiger partial charge in [0.1, 0.15) is 5.82 Å². The molecule has 2 aromatic rings. The van der Waals surface area contributed by atoms with E-state index in [1.807, 2.05) is 38.1 Å². The number of nitrogens with zero attached hydrogens (tertiary/aromatic N) is 2. The van der Waals surface area contributed by atoms with E-state index in [-0.39, 0.29) is 11.9 Å². The number of hydrogen-bond donors (Lipinski definition) is 2. The second kappa shape index (κ2) is 9.53. The number of guanidine groups is 1. The SMILES string of the molecule is CCNC(=NCc1ccc(F)c(CN(C)C)c1)NC(C)c1cccs1. The number of hydrogen-bond acceptors (Lipinski definition) is 3. The van der Waals surface area contributed by atoms with Crippen molar-refractivity contribution in [2.24, 2.45) is 4.99 Å². The Morgan fingerprint density at radius 2 is 2.12 bits per heavy atom. The van der Waals surface area contributed by atoms with Gasteiger partial charge in [0.2, 0.25) is 0 Å². The van der Waals surface area contributed by atoms with E-state index < -0.39 is 0 Å². The molecule has 0 amide bonds. The molecule has 2 rings (SSSR count). The Labute approximate surface area is 153 Å². The van der Waals surface area contributed by atoms with Gasteiger partial charge in [0.15, 0.2) is 5.96 Å². The molecular formula is C19H27FN4S. The lowest BCUT2D eigenvalue weighted by Gasteiger charge is -2.17. The molecule has 0 aliphatic rings. The number of halogens is 1. The van der Waals surface area contributed by atoms with Crippen molar-refractivity contribution in [3.8, 4) is 0 Å². The van der Waals surface area contributed by atoms with Gasteiger partial charge in [-0.1, -0.05) is 12.1 Å². The molecule has 0 fully saturated rings. The molecule has 4 nitrogen and oxygen atoms in total. The quantitative estimate of drug-likeness (QED) is 0.582. The molecule has 1 aromatic carbocycles. The molecule has 0 saturated carbocycles. The van der Waals surface area contributed by atoms with Crippen molar-refractivity contribution >= 4 is 17.3 Å². The Morgan fingerprint density at radius 1 is 1.32 bits per heavy atom. The van der Waals surface area contributed by atoms with Crippen molar-refractivity contribution in [2.75, 3.05) is 20.6 Å². The Hall–Kier alpha value is -1.92. The lowest BCUT2D eigenvalue weighted by molar-refractivity contribution is 0.392. The Balaban J connectivity index is 2.07. The van der Waals surface area contributed by atoms with Crippen molar-refractivity contribution in [3.05, 3.63) is 57.5 Å². The van der Waals surface area contributed by atoms with Gasteiger partial charge in [0.25, 0.3) is 0 Å². The average molecular weight is 363 g/mol. The van der Waals surface area contributed by atoms with Gasteiger partial charge < -0.3 is 15.5 Å². The second-order valence-corrected chi connectivity index (χ2v) is 7.22. The van der Waals surface area contributed by atoms with Crippen molar-refractivity contribution in [2.45, 2.75) is 33.0 Å². The van der Waals surface area contributed by atoms with Gasteiger partial charge in [0.05, 0.1) is 12.6 Å². The fourth-order valence-corrected chi connectivity index (χ4v) is 3.23. The van der Waals surface area contributed by atoms with Gasteiger partial charge in [-0.15, -0.1) is 11.3 Å². The number of thiophene rings is 1. The lowest BCUT2D eigenvalue weighted by atomic mass is 10.1. The Bertz CT molecular complexity index is 683. The van der Waals surface area contributed by atoms with Crippen LogP contribution in [0.5, 0.6) is 0 Å². The van der Waals surface area contributed by atoms with Crippen LogP contribution in [-0.2, 0) is 13.1 Å². The van der Waals surface area contributed by atoms with Crippen LogP contribution < -0.4 is 10.6 Å². The Kier molecular flexibility index (Phi) is 7.40. The van der Waals surface area contributed by atoms with Crippen LogP contribution in [0.15, 0.2) is 40.7 Å². The number of benzene rings is 1. The first kappa shape index (κ1) is 19.4. The summed E-state index contributed by atoms with van der Waals surface area (Å²) in [6, 6.07) is 9.57. The summed E-state index contributed by atoms with van der Waals surface area (Å²) in [6.07, 6.45) is 0. The molecular weight excluding hydrogens is 335 g/mol. The van der Waals surface area contributed by atoms with Crippen molar-refractivity contribution in [3.63, 3.8) is 0 Å². The van der Waals surface area contributed by atoms with Crippen LogP contribution in [0.25, 0.3) is 0 Å². The predicted molar refractivity (Wildman–Crippen MR) is 104 cm³/mol. The summed E-state index contributed by atoms with van der Waals surface area (Å²) in [7, 11) is 3.87. The smallest absolute Gasteiger partial charge is 0.192 e. The molecule has 1 atom stereocenters. The van der Waals surface area contributed by atoms with E-state index in [4.69, 9.17) is 0 Å². The van der Waals surface area contributed by atoms with Crippen molar-refractivity contribution in [1.29, 1.82) is 0 Å². The summed E-state index contributed by atoms with van der Waals surface area (Å²) in [5.41, 5.74) is 1.70. The largest absolute Gasteiger partial charge is 0.357 e. The third-order valence-electron chi connectivity index (χ3n) is 3.68. The van der Waals surface area contributed by atoms with E-state index >= 15 is 0 Å². The van der Waals surface area contributed by atoms with E-state index in [9.17, 15) is 4.39 Å². The first-order chi connectivity index (χ1) is 12.0. The zero-order chi connectivity index (χ0) is 18.2. The third-order valence-corrected chi connectivity index (χ3v) is 4.74. The fraction of sp³-hybridized carbons (Fsp3) is 0.421. The molecule has 6 heteroatoms. The average Bonchev–Trinajstić information content (AvgIpc) is 3.09. The highest BCUT2D eigenvalue weighted by atomic mass is 32.1. The highest BCUT2D eigenvalue weighted by molar-refractivity contribution is 7.10. The molecule has 0 aliphatic heterocycles. The van der Waals surface area contributed by atoms with Crippen molar-refractivity contribution in [1.82, 2.24) is 15.5 Å². The maximum absolute atomic E-state index is 13.9. The zero-order valence-electron chi connectivity index (χ0n) is 15.3. The van der Waals surface area contributed by atoms with Crippen LogP contribution in [0.3, 0.4) is 0 Å². The van der Waals surface area contributed by atoms with Crippen LogP contribution in [0.4, 0.5) is 4.39 Å². The van der Waals surface area contributed by atoms with E-state index in [1.165, 1.54) is 10.9 Å². The molecule has 136 valence electrons. The van der Waals surface area contributed by atoms with Crippen LogP contribution in [0, 0.1) is 5.82 Å². The summed E-state index contributed by atoms with van der Waals surface area (Å²) in [5.74, 6) is 0.597. The molecule has 1 unspecified atom stereocenters. The van der Waals surface area contributed by atoms with E-state index in [1.54, 1.807) is 17.4 Å². The number of rotatable bonds is 7. The normalized spacial score (nSPS) is 13.1. The second-order valence-electron chi connectivity index (χ2n) is 6.24. The summed E-state index contributed by atoms with van der Waals surface area (Å²) in [5, 5.41) is 8.75. The molecule has 0 bridgehead atoms. The first-order valence-electron chi connectivity index (χ1n) is 8.50. The third kappa shape index (κ3) is 6.14. The minimum atomic E-state index is -0.169. The zero-order valence-corrected chi connectivity index (χ0v) is 16.2. The van der Waals surface area contributed by atoms with Gasteiger partial charge in [-0.25, -0.2) is 9.38 Å².